The summed E-state index contributed by atoms with van der Waals surface area (Å²) in [7, 11) is 0. The summed E-state index contributed by atoms with van der Waals surface area (Å²) >= 11 is 9.33. The van der Waals surface area contributed by atoms with Crippen molar-refractivity contribution in [3.05, 3.63) is 68.7 Å². The minimum absolute atomic E-state index is 0.337. The quantitative estimate of drug-likeness (QED) is 0.539. The summed E-state index contributed by atoms with van der Waals surface area (Å²) in [5.41, 5.74) is 3.39. The smallest absolute Gasteiger partial charge is 0.207 e. The Labute approximate surface area is 190 Å². The maximum absolute atomic E-state index is 6.05. The van der Waals surface area contributed by atoms with Gasteiger partial charge < -0.3 is 14.4 Å². The van der Waals surface area contributed by atoms with E-state index >= 15 is 0 Å². The molecule has 158 valence electrons. The number of hydrogen-bond donors (Lipinski definition) is 1. The van der Waals surface area contributed by atoms with Crippen LogP contribution in [0.3, 0.4) is 0 Å². The van der Waals surface area contributed by atoms with Crippen molar-refractivity contribution < 1.29 is 14.4 Å². The van der Waals surface area contributed by atoms with Crippen LogP contribution >= 0.6 is 28.1 Å². The van der Waals surface area contributed by atoms with Gasteiger partial charge in [0, 0.05) is 4.47 Å². The van der Waals surface area contributed by atoms with E-state index in [4.69, 9.17) is 26.8 Å². The third-order valence-electron chi connectivity index (χ3n) is 5.27. The third-order valence-corrected chi connectivity index (χ3v) is 6.19. The Bertz CT molecular complexity index is 1070. The van der Waals surface area contributed by atoms with E-state index in [0.29, 0.717) is 11.4 Å². The number of quaternary nitrogens is 1. The molecule has 2 heterocycles. The zero-order valence-corrected chi connectivity index (χ0v) is 19.6. The highest BCUT2D eigenvalue weighted by Gasteiger charge is 2.20. The highest BCUT2D eigenvalue weighted by molar-refractivity contribution is 9.10. The number of aromatic nitrogens is 3. The van der Waals surface area contributed by atoms with Crippen molar-refractivity contribution in [3.63, 3.8) is 0 Å². The van der Waals surface area contributed by atoms with Gasteiger partial charge in [0.05, 0.1) is 18.9 Å². The minimum atomic E-state index is 0.337. The van der Waals surface area contributed by atoms with Gasteiger partial charge in [-0.15, -0.1) is 5.10 Å². The Hall–Kier alpha value is -2.00. The fourth-order valence-corrected chi connectivity index (χ4v) is 4.13. The van der Waals surface area contributed by atoms with Crippen LogP contribution < -0.4 is 9.64 Å². The molecule has 1 aliphatic rings. The molecule has 0 spiro atoms. The van der Waals surface area contributed by atoms with Gasteiger partial charge in [-0.3, -0.25) is 4.57 Å². The van der Waals surface area contributed by atoms with E-state index in [1.54, 1.807) is 0 Å². The molecule has 6 nitrogen and oxygen atoms in total. The number of nitrogens with one attached hydrogen (secondary N) is 1. The molecule has 0 saturated carbocycles. The Morgan fingerprint density at radius 2 is 1.87 bits per heavy atom. The molecular formula is C22H26BrN4O2S+. The molecule has 0 atom stereocenters. The van der Waals surface area contributed by atoms with E-state index in [1.165, 1.54) is 10.5 Å². The van der Waals surface area contributed by atoms with E-state index in [2.05, 4.69) is 52.5 Å². The fourth-order valence-electron chi connectivity index (χ4n) is 3.56. The number of benzene rings is 2. The standard InChI is InChI=1S/C22H25BrN4O2S/c1-16-3-4-17(2)20(13-16)27-21(14-29-19-7-5-18(23)6-8-19)24-26(22(27)30)15-25-9-11-28-12-10-25/h3-8,13H,9-12,14-15H2,1-2H3/p+1. The maximum Gasteiger partial charge on any atom is 0.207 e. The highest BCUT2D eigenvalue weighted by Crippen LogP contribution is 2.21. The molecule has 8 heteroatoms. The van der Waals surface area contributed by atoms with Gasteiger partial charge in [0.25, 0.3) is 0 Å². The molecule has 1 aromatic heterocycles. The predicted octanol–water partition coefficient (Wildman–Crippen LogP) is 3.23. The molecule has 0 unspecified atom stereocenters. The molecule has 3 aromatic rings. The van der Waals surface area contributed by atoms with Crippen molar-refractivity contribution in [1.82, 2.24) is 14.3 Å². The first-order valence-electron chi connectivity index (χ1n) is 10.1. The van der Waals surface area contributed by atoms with Gasteiger partial charge in [-0.05, 0) is 67.5 Å². The summed E-state index contributed by atoms with van der Waals surface area (Å²) in [4.78, 5) is 1.42. The van der Waals surface area contributed by atoms with Crippen LogP contribution in [0.25, 0.3) is 5.69 Å². The zero-order chi connectivity index (χ0) is 21.1. The Balaban J connectivity index is 1.68. The fraction of sp³-hybridized carbons (Fsp3) is 0.364. The molecule has 4 rings (SSSR count). The predicted molar refractivity (Wildman–Crippen MR) is 122 cm³/mol. The molecule has 1 saturated heterocycles. The van der Waals surface area contributed by atoms with Gasteiger partial charge in [-0.25, -0.2) is 0 Å². The molecule has 0 radical (unpaired) electrons. The first kappa shape index (κ1) is 21.2. The number of hydrogen-bond acceptors (Lipinski definition) is 4. The summed E-state index contributed by atoms with van der Waals surface area (Å²) in [5, 5.41) is 4.86. The molecule has 0 amide bonds. The lowest BCUT2D eigenvalue weighted by Gasteiger charge is -2.23. The normalized spacial score (nSPS) is 14.8. The molecule has 1 fully saturated rings. The number of rotatable bonds is 6. The lowest BCUT2D eigenvalue weighted by molar-refractivity contribution is -0.930. The van der Waals surface area contributed by atoms with Gasteiger partial charge in [-0.2, -0.15) is 4.68 Å². The largest absolute Gasteiger partial charge is 0.486 e. The van der Waals surface area contributed by atoms with E-state index in [1.807, 2.05) is 28.9 Å². The van der Waals surface area contributed by atoms with Crippen LogP contribution in [0.2, 0.25) is 0 Å². The van der Waals surface area contributed by atoms with Gasteiger partial charge in [-0.1, -0.05) is 28.1 Å². The van der Waals surface area contributed by atoms with E-state index in [0.717, 1.165) is 60.3 Å². The minimum Gasteiger partial charge on any atom is -0.486 e. The van der Waals surface area contributed by atoms with Crippen LogP contribution in [0.4, 0.5) is 0 Å². The average molecular weight is 490 g/mol. The number of halogens is 1. The number of nitrogens with zero attached hydrogens (tertiary/aromatic N) is 3. The molecule has 30 heavy (non-hydrogen) atoms. The van der Waals surface area contributed by atoms with Gasteiger partial charge >= 0.3 is 0 Å². The van der Waals surface area contributed by atoms with Crippen molar-refractivity contribution in [1.29, 1.82) is 0 Å². The van der Waals surface area contributed by atoms with Crippen LogP contribution in [-0.2, 0) is 18.0 Å². The maximum atomic E-state index is 6.05. The van der Waals surface area contributed by atoms with Crippen LogP contribution in [0.15, 0.2) is 46.9 Å². The van der Waals surface area contributed by atoms with E-state index < -0.39 is 0 Å². The Kier molecular flexibility index (Phi) is 6.67. The van der Waals surface area contributed by atoms with Crippen molar-refractivity contribution in [3.8, 4) is 11.4 Å². The van der Waals surface area contributed by atoms with Crippen molar-refractivity contribution in [2.24, 2.45) is 0 Å². The monoisotopic (exact) mass is 489 g/mol. The summed E-state index contributed by atoms with van der Waals surface area (Å²) in [5.74, 6) is 1.59. The molecule has 1 aliphatic heterocycles. The van der Waals surface area contributed by atoms with Gasteiger partial charge in [0.15, 0.2) is 12.5 Å². The van der Waals surface area contributed by atoms with Crippen LogP contribution in [-0.4, -0.2) is 40.7 Å². The average Bonchev–Trinajstić information content (AvgIpc) is 3.05. The van der Waals surface area contributed by atoms with Crippen LogP contribution in [0, 0.1) is 18.6 Å². The van der Waals surface area contributed by atoms with Gasteiger partial charge in [0.2, 0.25) is 4.77 Å². The summed E-state index contributed by atoms with van der Waals surface area (Å²) in [6, 6.07) is 14.2. The summed E-state index contributed by atoms with van der Waals surface area (Å²) in [6.45, 7) is 8.73. The molecular weight excluding hydrogens is 464 g/mol. The molecule has 0 bridgehead atoms. The van der Waals surface area contributed by atoms with Crippen molar-refractivity contribution in [2.45, 2.75) is 27.1 Å². The summed E-state index contributed by atoms with van der Waals surface area (Å²) in [6.07, 6.45) is 0. The second-order valence-electron chi connectivity index (χ2n) is 7.59. The van der Waals surface area contributed by atoms with Crippen LogP contribution in [0.5, 0.6) is 5.75 Å². The molecule has 0 aliphatic carbocycles. The van der Waals surface area contributed by atoms with Crippen molar-refractivity contribution >= 4 is 28.1 Å². The lowest BCUT2D eigenvalue weighted by Crippen LogP contribution is -3.13. The topological polar surface area (TPSA) is 45.7 Å². The highest BCUT2D eigenvalue weighted by atomic mass is 79.9. The lowest BCUT2D eigenvalue weighted by atomic mass is 10.1. The van der Waals surface area contributed by atoms with E-state index in [9.17, 15) is 0 Å². The second-order valence-corrected chi connectivity index (χ2v) is 8.87. The number of ether oxygens (including phenoxy) is 2. The first-order valence-corrected chi connectivity index (χ1v) is 11.3. The number of morpholine rings is 1. The van der Waals surface area contributed by atoms with Crippen molar-refractivity contribution in [2.75, 3.05) is 26.3 Å². The Morgan fingerprint density at radius 1 is 1.13 bits per heavy atom. The van der Waals surface area contributed by atoms with E-state index in [-0.39, 0.29) is 0 Å². The van der Waals surface area contributed by atoms with Gasteiger partial charge in [0.1, 0.15) is 25.4 Å². The third kappa shape index (κ3) is 4.83. The first-order chi connectivity index (χ1) is 14.5. The molecule has 1 N–H and O–H groups in total. The summed E-state index contributed by atoms with van der Waals surface area (Å²) < 4.78 is 17.2. The number of aryl methyl sites for hydroxylation is 2. The molecule has 2 aromatic carbocycles. The second kappa shape index (κ2) is 9.43. The SMILES string of the molecule is Cc1ccc(C)c(-n2c(COc3ccc(Br)cc3)nn(C[NH+]3CCOCC3)c2=S)c1. The zero-order valence-electron chi connectivity index (χ0n) is 17.2. The van der Waals surface area contributed by atoms with Crippen LogP contribution in [0.1, 0.15) is 17.0 Å². The Morgan fingerprint density at radius 3 is 2.60 bits per heavy atom.